The van der Waals surface area contributed by atoms with Gasteiger partial charge in [0.1, 0.15) is 18.0 Å². The summed E-state index contributed by atoms with van der Waals surface area (Å²) < 4.78 is 20.4. The monoisotopic (exact) mass is 564 g/mol. The molecule has 31 heavy (non-hydrogen) atoms. The molecule has 1 aromatic heterocycles. The maximum Gasteiger partial charge on any atom is 0.191 e. The number of aromatic nitrogens is 3. The summed E-state index contributed by atoms with van der Waals surface area (Å²) in [6.07, 6.45) is 4.50. The third-order valence-corrected chi connectivity index (χ3v) is 5.37. The molecule has 0 aliphatic carbocycles. The Labute approximate surface area is 206 Å². The minimum absolute atomic E-state index is 0. The quantitative estimate of drug-likeness (QED) is 0.120. The number of thioether (sulfide) groups is 1. The van der Waals surface area contributed by atoms with E-state index in [1.165, 1.54) is 12.1 Å². The van der Waals surface area contributed by atoms with Crippen molar-refractivity contribution in [3.63, 3.8) is 0 Å². The summed E-state index contributed by atoms with van der Waals surface area (Å²) in [5.41, 5.74) is 0. The molecule has 2 rings (SSSR count). The first-order valence-corrected chi connectivity index (χ1v) is 11.6. The highest BCUT2D eigenvalue weighted by Gasteiger charge is 2.03. The molecule has 0 aliphatic rings. The molecule has 0 spiro atoms. The first-order chi connectivity index (χ1) is 14.7. The molecule has 1 heterocycles. The number of aliphatic imine (C=N–C) groups is 1. The van der Waals surface area contributed by atoms with E-state index < -0.39 is 0 Å². The van der Waals surface area contributed by atoms with Crippen molar-refractivity contribution in [2.45, 2.75) is 44.6 Å². The number of benzene rings is 1. The summed E-state index contributed by atoms with van der Waals surface area (Å²) in [4.78, 5) is 5.77. The van der Waals surface area contributed by atoms with Crippen LogP contribution in [0.25, 0.3) is 0 Å². The van der Waals surface area contributed by atoms with E-state index in [0.717, 1.165) is 81.1 Å². The average molecular weight is 565 g/mol. The Morgan fingerprint density at radius 1 is 1.16 bits per heavy atom. The molecule has 7 nitrogen and oxygen atoms in total. The van der Waals surface area contributed by atoms with Crippen molar-refractivity contribution < 1.29 is 9.13 Å². The van der Waals surface area contributed by atoms with Crippen LogP contribution in [-0.4, -0.2) is 59.3 Å². The molecule has 0 unspecified atom stereocenters. The van der Waals surface area contributed by atoms with Gasteiger partial charge in [-0.25, -0.2) is 4.39 Å². The largest absolute Gasteiger partial charge is 0.382 e. The number of halogens is 2. The summed E-state index contributed by atoms with van der Waals surface area (Å²) in [6.45, 7) is 8.62. The fourth-order valence-corrected chi connectivity index (χ4v) is 3.55. The Kier molecular flexibility index (Phi) is 15.3. The molecular formula is C21H34FIN6OS. The maximum absolute atomic E-state index is 13.0. The predicted molar refractivity (Wildman–Crippen MR) is 136 cm³/mol. The zero-order chi connectivity index (χ0) is 21.4. The van der Waals surface area contributed by atoms with E-state index in [0.29, 0.717) is 0 Å². The highest BCUT2D eigenvalue weighted by Crippen LogP contribution is 2.18. The molecule has 2 N–H and O–H groups in total. The second-order valence-electron chi connectivity index (χ2n) is 6.58. The van der Waals surface area contributed by atoms with Crippen LogP contribution in [0.15, 0.2) is 40.5 Å². The summed E-state index contributed by atoms with van der Waals surface area (Å²) in [5, 5.41) is 14.8. The smallest absolute Gasteiger partial charge is 0.191 e. The first-order valence-electron chi connectivity index (χ1n) is 10.6. The van der Waals surface area contributed by atoms with E-state index in [9.17, 15) is 4.39 Å². The zero-order valence-electron chi connectivity index (χ0n) is 18.3. The number of nitrogens with zero attached hydrogens (tertiary/aromatic N) is 4. The van der Waals surface area contributed by atoms with Crippen LogP contribution in [0.4, 0.5) is 4.39 Å². The molecule has 2 aromatic rings. The molecule has 0 fully saturated rings. The second-order valence-corrected chi connectivity index (χ2v) is 7.75. The van der Waals surface area contributed by atoms with Crippen LogP contribution >= 0.6 is 35.7 Å². The summed E-state index contributed by atoms with van der Waals surface area (Å²) >= 11 is 1.72. The highest BCUT2D eigenvalue weighted by atomic mass is 127. The molecule has 174 valence electrons. The Balaban J connectivity index is 0.00000480. The van der Waals surface area contributed by atoms with Crippen LogP contribution in [0.5, 0.6) is 0 Å². The third kappa shape index (κ3) is 11.7. The van der Waals surface area contributed by atoms with Gasteiger partial charge in [-0.05, 0) is 49.8 Å². The van der Waals surface area contributed by atoms with Gasteiger partial charge in [-0.1, -0.05) is 6.92 Å². The van der Waals surface area contributed by atoms with E-state index in [4.69, 9.17) is 4.74 Å². The lowest BCUT2D eigenvalue weighted by Gasteiger charge is -2.13. The van der Waals surface area contributed by atoms with E-state index in [1.54, 1.807) is 18.1 Å². The SMILES string of the molecule is CCOCCCNC(=NCCCSc1ccc(F)cc1)NCCn1cnnc1CC.I. The minimum atomic E-state index is -0.201. The molecule has 0 amide bonds. The number of aryl methyl sites for hydroxylation is 1. The number of hydrogen-bond acceptors (Lipinski definition) is 5. The van der Waals surface area contributed by atoms with Crippen LogP contribution in [0, 0.1) is 5.82 Å². The lowest BCUT2D eigenvalue weighted by molar-refractivity contribution is 0.145. The van der Waals surface area contributed by atoms with Crippen molar-refractivity contribution in [2.75, 3.05) is 38.6 Å². The first kappa shape index (κ1) is 27.6. The Hall–Kier alpha value is -1.40. The van der Waals surface area contributed by atoms with Gasteiger partial charge in [0.15, 0.2) is 5.96 Å². The average Bonchev–Trinajstić information content (AvgIpc) is 3.21. The van der Waals surface area contributed by atoms with Crippen molar-refractivity contribution in [1.29, 1.82) is 0 Å². The topological polar surface area (TPSA) is 76.4 Å². The highest BCUT2D eigenvalue weighted by molar-refractivity contribution is 14.0. The summed E-state index contributed by atoms with van der Waals surface area (Å²) in [5.74, 6) is 2.53. The van der Waals surface area contributed by atoms with E-state index >= 15 is 0 Å². The van der Waals surface area contributed by atoms with E-state index in [-0.39, 0.29) is 29.8 Å². The molecular weight excluding hydrogens is 530 g/mol. The standard InChI is InChI=1S/C21H33FN6OS.HI/c1-3-20-27-26-17-28(20)14-13-25-21(23-11-5-15-29-4-2)24-12-6-16-30-19-9-7-18(22)8-10-19;/h7-10,17H,3-6,11-16H2,1-2H3,(H2,23,24,25);1H. The minimum Gasteiger partial charge on any atom is -0.382 e. The number of rotatable bonds is 14. The van der Waals surface area contributed by atoms with Crippen molar-refractivity contribution in [3.8, 4) is 0 Å². The fraction of sp³-hybridized carbons (Fsp3) is 0.571. The van der Waals surface area contributed by atoms with Crippen LogP contribution in [-0.2, 0) is 17.7 Å². The molecule has 10 heteroatoms. The van der Waals surface area contributed by atoms with Gasteiger partial charge in [0.2, 0.25) is 0 Å². The Morgan fingerprint density at radius 2 is 1.94 bits per heavy atom. The van der Waals surface area contributed by atoms with Crippen molar-refractivity contribution in [2.24, 2.45) is 4.99 Å². The molecule has 0 saturated carbocycles. The Morgan fingerprint density at radius 3 is 2.68 bits per heavy atom. The fourth-order valence-electron chi connectivity index (χ4n) is 2.71. The number of ether oxygens (including phenoxy) is 1. The zero-order valence-corrected chi connectivity index (χ0v) is 21.5. The van der Waals surface area contributed by atoms with Crippen LogP contribution in [0.1, 0.15) is 32.5 Å². The molecule has 0 radical (unpaired) electrons. The van der Waals surface area contributed by atoms with Gasteiger partial charge in [-0.2, -0.15) is 0 Å². The number of hydrogen-bond donors (Lipinski definition) is 2. The van der Waals surface area contributed by atoms with E-state index in [2.05, 4.69) is 37.3 Å². The summed E-state index contributed by atoms with van der Waals surface area (Å²) in [6, 6.07) is 6.61. The molecule has 0 bridgehead atoms. The lowest BCUT2D eigenvalue weighted by Crippen LogP contribution is -2.40. The van der Waals surface area contributed by atoms with Gasteiger partial charge in [-0.3, -0.25) is 4.99 Å². The van der Waals surface area contributed by atoms with Gasteiger partial charge in [0.05, 0.1) is 0 Å². The van der Waals surface area contributed by atoms with Gasteiger partial charge in [-0.15, -0.1) is 45.9 Å². The van der Waals surface area contributed by atoms with Crippen LogP contribution < -0.4 is 10.6 Å². The van der Waals surface area contributed by atoms with Gasteiger partial charge in [0, 0.05) is 50.7 Å². The van der Waals surface area contributed by atoms with Gasteiger partial charge >= 0.3 is 0 Å². The predicted octanol–water partition coefficient (Wildman–Crippen LogP) is 3.74. The lowest BCUT2D eigenvalue weighted by atomic mass is 10.4. The molecule has 0 aliphatic heterocycles. The second kappa shape index (κ2) is 17.2. The van der Waals surface area contributed by atoms with Gasteiger partial charge in [0.25, 0.3) is 0 Å². The van der Waals surface area contributed by atoms with Crippen LogP contribution in [0.3, 0.4) is 0 Å². The molecule has 0 saturated heterocycles. The normalized spacial score (nSPS) is 11.3. The van der Waals surface area contributed by atoms with Crippen molar-refractivity contribution in [3.05, 3.63) is 42.2 Å². The number of nitrogens with one attached hydrogen (secondary N) is 2. The van der Waals surface area contributed by atoms with Crippen molar-refractivity contribution >= 4 is 41.7 Å². The number of guanidine groups is 1. The maximum atomic E-state index is 13.0. The summed E-state index contributed by atoms with van der Waals surface area (Å²) in [7, 11) is 0. The van der Waals surface area contributed by atoms with E-state index in [1.807, 2.05) is 19.1 Å². The Bertz CT molecular complexity index is 744. The van der Waals surface area contributed by atoms with Crippen molar-refractivity contribution in [1.82, 2.24) is 25.4 Å². The van der Waals surface area contributed by atoms with Crippen LogP contribution in [0.2, 0.25) is 0 Å². The third-order valence-electron chi connectivity index (χ3n) is 4.27. The molecule has 0 atom stereocenters. The molecule has 1 aromatic carbocycles. The van der Waals surface area contributed by atoms with Gasteiger partial charge < -0.3 is 19.9 Å².